The maximum atomic E-state index is 2.27. The fourth-order valence-corrected chi connectivity index (χ4v) is 4.32. The summed E-state index contributed by atoms with van der Waals surface area (Å²) >= 11 is 0. The van der Waals surface area contributed by atoms with Crippen LogP contribution < -0.4 is 0 Å². The van der Waals surface area contributed by atoms with Gasteiger partial charge in [0.05, 0.1) is 0 Å². The predicted octanol–water partition coefficient (Wildman–Crippen LogP) is 8.66. The largest absolute Gasteiger partial charge is 0.114 e. The molecule has 0 saturated heterocycles. The van der Waals surface area contributed by atoms with Crippen molar-refractivity contribution in [2.45, 2.75) is 76.0 Å². The average molecular weight is 529 g/mol. The molecule has 0 nitrogen and oxygen atoms in total. The van der Waals surface area contributed by atoms with E-state index in [0.29, 0.717) is 0 Å². The molecule has 4 rings (SSSR count). The molecule has 2 aliphatic rings. The number of rotatable bonds is 2. The summed E-state index contributed by atoms with van der Waals surface area (Å²) in [5, 5.41) is 0. The smallest absolute Gasteiger partial charge is 0.0162 e. The molecule has 0 spiro atoms. The highest BCUT2D eigenvalue weighted by Gasteiger charge is 2.15. The van der Waals surface area contributed by atoms with E-state index in [1.807, 2.05) is 0 Å². The average Bonchev–Trinajstić information content (AvgIpc) is 2.71. The summed E-state index contributed by atoms with van der Waals surface area (Å²) in [5.74, 6) is 1.72. The van der Waals surface area contributed by atoms with Gasteiger partial charge in [0.1, 0.15) is 0 Å². The quantitative estimate of drug-likeness (QED) is 0.342. The lowest BCUT2D eigenvalue weighted by atomic mass is 9.84. The van der Waals surface area contributed by atoms with E-state index in [9.17, 15) is 0 Å². The van der Waals surface area contributed by atoms with Gasteiger partial charge in [-0.05, 0) is 48.6 Å². The topological polar surface area (TPSA) is 0 Å². The molecule has 0 N–H and O–H groups in total. The maximum Gasteiger partial charge on any atom is -0.0162 e. The van der Waals surface area contributed by atoms with Gasteiger partial charge in [0.25, 0.3) is 0 Å². The maximum absolute atomic E-state index is 2.27. The van der Waals surface area contributed by atoms with Crippen LogP contribution in [0, 0.1) is 0 Å². The molecule has 2 saturated carbocycles. The minimum absolute atomic E-state index is 0. The van der Waals surface area contributed by atoms with E-state index in [1.54, 1.807) is 11.1 Å². The molecular weight excluding hydrogens is 495 g/mol. The monoisotopic (exact) mass is 528 g/mol. The van der Waals surface area contributed by atoms with Gasteiger partial charge in [0, 0.05) is 0 Å². The molecule has 0 atom stereocenters. The minimum Gasteiger partial charge on any atom is -0.114 e. The Bertz CT molecular complexity index is 504. The number of hydrogen-bond donors (Lipinski definition) is 0. The first-order chi connectivity index (χ1) is 11.9. The first kappa shape index (κ1) is 23.7. The molecule has 2 aromatic carbocycles. The van der Waals surface area contributed by atoms with Crippen molar-refractivity contribution in [3.05, 3.63) is 71.8 Å². The van der Waals surface area contributed by atoms with Gasteiger partial charge in [-0.15, -0.1) is 41.0 Å². The van der Waals surface area contributed by atoms with Crippen LogP contribution >= 0.6 is 41.0 Å². The third-order valence-corrected chi connectivity index (χ3v) is 5.75. The highest BCUT2D eigenvalue weighted by atomic mass is 127. The third kappa shape index (κ3) is 7.72. The standard InChI is InChI=1S/2C12H16.BrH.HI/c2*1-3-7-11(8-4-1)12-9-5-2-6-10-12;;/h2*1,3-4,7-8,12H,2,5-6,9-10H2;2*1H. The van der Waals surface area contributed by atoms with Crippen molar-refractivity contribution in [2.75, 3.05) is 0 Å². The molecule has 2 heteroatoms. The van der Waals surface area contributed by atoms with Gasteiger partial charge in [-0.3, -0.25) is 0 Å². The van der Waals surface area contributed by atoms with Crippen LogP contribution in [-0.4, -0.2) is 0 Å². The van der Waals surface area contributed by atoms with Crippen LogP contribution in [0.5, 0.6) is 0 Å². The van der Waals surface area contributed by atoms with Crippen LogP contribution in [0.1, 0.15) is 87.2 Å². The summed E-state index contributed by atoms with van der Waals surface area (Å²) in [6.45, 7) is 0. The van der Waals surface area contributed by atoms with Crippen molar-refractivity contribution in [3.8, 4) is 0 Å². The molecule has 0 radical (unpaired) electrons. The van der Waals surface area contributed by atoms with E-state index in [0.717, 1.165) is 11.8 Å². The second-order valence-electron chi connectivity index (χ2n) is 7.49. The van der Waals surface area contributed by atoms with Crippen molar-refractivity contribution in [3.63, 3.8) is 0 Å². The Morgan fingerprint density at radius 3 is 1.08 bits per heavy atom. The minimum atomic E-state index is 0. The lowest BCUT2D eigenvalue weighted by molar-refractivity contribution is 0.443. The normalized spacial score (nSPS) is 17.8. The van der Waals surface area contributed by atoms with E-state index in [-0.39, 0.29) is 41.0 Å². The zero-order valence-corrected chi connectivity index (χ0v) is 19.9. The van der Waals surface area contributed by atoms with E-state index in [1.165, 1.54) is 64.2 Å². The first-order valence-electron chi connectivity index (χ1n) is 10.0. The zero-order chi connectivity index (χ0) is 16.5. The Balaban J connectivity index is 0.000000241. The van der Waals surface area contributed by atoms with Crippen LogP contribution in [0.25, 0.3) is 0 Å². The molecule has 0 heterocycles. The van der Waals surface area contributed by atoms with Gasteiger partial charge in [-0.25, -0.2) is 0 Å². The molecular formula is C24H34BrI. The molecule has 26 heavy (non-hydrogen) atoms. The Labute approximate surface area is 188 Å². The Morgan fingerprint density at radius 1 is 0.462 bits per heavy atom. The first-order valence-corrected chi connectivity index (χ1v) is 10.0. The van der Waals surface area contributed by atoms with E-state index in [4.69, 9.17) is 0 Å². The van der Waals surface area contributed by atoms with E-state index < -0.39 is 0 Å². The molecule has 0 aliphatic heterocycles. The molecule has 2 aromatic rings. The van der Waals surface area contributed by atoms with Crippen molar-refractivity contribution in [2.24, 2.45) is 0 Å². The molecule has 0 unspecified atom stereocenters. The van der Waals surface area contributed by atoms with Crippen molar-refractivity contribution >= 4 is 41.0 Å². The van der Waals surface area contributed by atoms with E-state index >= 15 is 0 Å². The summed E-state index contributed by atoms with van der Waals surface area (Å²) in [6, 6.07) is 21.9. The zero-order valence-electron chi connectivity index (χ0n) is 15.8. The fourth-order valence-electron chi connectivity index (χ4n) is 4.32. The van der Waals surface area contributed by atoms with Crippen LogP contribution in [0.15, 0.2) is 60.7 Å². The van der Waals surface area contributed by atoms with Gasteiger partial charge in [-0.2, -0.15) is 0 Å². The molecule has 144 valence electrons. The molecule has 0 bridgehead atoms. The molecule has 0 aromatic heterocycles. The Hall–Kier alpha value is -0.350. The van der Waals surface area contributed by atoms with Crippen LogP contribution in [0.4, 0.5) is 0 Å². The van der Waals surface area contributed by atoms with Gasteiger partial charge in [-0.1, -0.05) is 99.2 Å². The SMILES string of the molecule is Br.I.c1ccc(C2CCCCC2)cc1.c1ccc(C2CCCCC2)cc1. The van der Waals surface area contributed by atoms with Gasteiger partial charge in [0.2, 0.25) is 0 Å². The second-order valence-corrected chi connectivity index (χ2v) is 7.49. The third-order valence-electron chi connectivity index (χ3n) is 5.75. The van der Waals surface area contributed by atoms with Crippen LogP contribution in [0.3, 0.4) is 0 Å². The summed E-state index contributed by atoms with van der Waals surface area (Å²) in [4.78, 5) is 0. The van der Waals surface area contributed by atoms with E-state index in [2.05, 4.69) is 60.7 Å². The lowest BCUT2D eigenvalue weighted by Gasteiger charge is -2.21. The van der Waals surface area contributed by atoms with Gasteiger partial charge >= 0.3 is 0 Å². The number of hydrogen-bond acceptors (Lipinski definition) is 0. The summed E-state index contributed by atoms with van der Waals surface area (Å²) in [7, 11) is 0. The highest BCUT2D eigenvalue weighted by Crippen LogP contribution is 2.32. The molecule has 2 aliphatic carbocycles. The summed E-state index contributed by atoms with van der Waals surface area (Å²) in [6.07, 6.45) is 14.2. The predicted molar refractivity (Wildman–Crippen MR) is 130 cm³/mol. The summed E-state index contributed by atoms with van der Waals surface area (Å²) < 4.78 is 0. The van der Waals surface area contributed by atoms with Gasteiger partial charge < -0.3 is 0 Å². The highest BCUT2D eigenvalue weighted by molar-refractivity contribution is 14.0. The van der Waals surface area contributed by atoms with Crippen molar-refractivity contribution < 1.29 is 0 Å². The van der Waals surface area contributed by atoms with Crippen LogP contribution in [-0.2, 0) is 0 Å². The van der Waals surface area contributed by atoms with Gasteiger partial charge in [0.15, 0.2) is 0 Å². The Morgan fingerprint density at radius 2 is 0.769 bits per heavy atom. The second kappa shape index (κ2) is 13.8. The Kier molecular flexibility index (Phi) is 12.5. The van der Waals surface area contributed by atoms with Crippen molar-refractivity contribution in [1.29, 1.82) is 0 Å². The number of benzene rings is 2. The van der Waals surface area contributed by atoms with Crippen LogP contribution in [0.2, 0.25) is 0 Å². The summed E-state index contributed by atoms with van der Waals surface area (Å²) in [5.41, 5.74) is 3.11. The molecule has 0 amide bonds. The lowest BCUT2D eigenvalue weighted by Crippen LogP contribution is -2.03. The van der Waals surface area contributed by atoms with Crippen molar-refractivity contribution in [1.82, 2.24) is 0 Å². The molecule has 2 fully saturated rings. The fraction of sp³-hybridized carbons (Fsp3) is 0.500. The number of halogens is 2.